The molecular formula is C22H32Cl2N2O2. The highest BCUT2D eigenvalue weighted by molar-refractivity contribution is 5.85. The zero-order valence-electron chi connectivity index (χ0n) is 16.5. The van der Waals surface area contributed by atoms with Crippen molar-refractivity contribution in [3.8, 4) is 0 Å². The molecule has 0 bridgehead atoms. The van der Waals surface area contributed by atoms with Gasteiger partial charge in [-0.15, -0.1) is 24.8 Å². The van der Waals surface area contributed by atoms with E-state index < -0.39 is 0 Å². The fourth-order valence-electron chi connectivity index (χ4n) is 3.71. The van der Waals surface area contributed by atoms with Crippen molar-refractivity contribution in [3.05, 3.63) is 71.8 Å². The van der Waals surface area contributed by atoms with Gasteiger partial charge in [-0.2, -0.15) is 0 Å². The molecule has 2 heterocycles. The molecule has 6 heteroatoms. The summed E-state index contributed by atoms with van der Waals surface area (Å²) in [5, 5.41) is 6.57. The molecule has 0 radical (unpaired) electrons. The van der Waals surface area contributed by atoms with Crippen LogP contribution < -0.4 is 10.6 Å². The van der Waals surface area contributed by atoms with E-state index in [1.165, 1.54) is 11.1 Å². The van der Waals surface area contributed by atoms with E-state index in [-0.39, 0.29) is 37.0 Å². The molecule has 0 unspecified atom stereocenters. The van der Waals surface area contributed by atoms with Crippen LogP contribution in [-0.2, 0) is 9.47 Å². The lowest BCUT2D eigenvalue weighted by atomic mass is 10.0. The third kappa shape index (κ3) is 6.45. The summed E-state index contributed by atoms with van der Waals surface area (Å²) in [6.45, 7) is 1.73. The van der Waals surface area contributed by atoms with E-state index in [4.69, 9.17) is 9.47 Å². The van der Waals surface area contributed by atoms with E-state index in [9.17, 15) is 0 Å². The smallest absolute Gasteiger partial charge is 0.0978 e. The van der Waals surface area contributed by atoms with Crippen molar-refractivity contribution in [1.82, 2.24) is 10.6 Å². The van der Waals surface area contributed by atoms with Crippen LogP contribution in [0.3, 0.4) is 0 Å². The number of ether oxygens (including phenoxy) is 2. The number of hydrogen-bond donors (Lipinski definition) is 2. The number of benzene rings is 2. The Morgan fingerprint density at radius 2 is 1.00 bits per heavy atom. The van der Waals surface area contributed by atoms with Gasteiger partial charge in [0.05, 0.1) is 12.2 Å². The average Bonchev–Trinajstić information content (AvgIpc) is 3.39. The first-order chi connectivity index (χ1) is 12.8. The van der Waals surface area contributed by atoms with Crippen molar-refractivity contribution >= 4 is 24.8 Å². The first kappa shape index (κ1) is 24.9. The standard InChI is InChI=1S/2C11H15NO.2ClH/c2*1-12-10-7-8-13-11(10)9-5-3-2-4-6-9;;/h2*2-6,10-12H,7-8H2,1H3;2*1H/t2*10-,11+;;/m10../s1. The molecule has 0 saturated carbocycles. The summed E-state index contributed by atoms with van der Waals surface area (Å²) in [6.07, 6.45) is 2.70. The molecule has 156 valence electrons. The van der Waals surface area contributed by atoms with Crippen molar-refractivity contribution in [2.45, 2.75) is 37.1 Å². The van der Waals surface area contributed by atoms with Crippen molar-refractivity contribution in [2.24, 2.45) is 0 Å². The summed E-state index contributed by atoms with van der Waals surface area (Å²) >= 11 is 0. The van der Waals surface area contributed by atoms with Crippen LogP contribution >= 0.6 is 24.8 Å². The molecule has 2 N–H and O–H groups in total. The quantitative estimate of drug-likeness (QED) is 0.763. The van der Waals surface area contributed by atoms with Gasteiger partial charge in [-0.3, -0.25) is 0 Å². The average molecular weight is 427 g/mol. The molecule has 4 rings (SSSR count). The van der Waals surface area contributed by atoms with Crippen LogP contribution in [0.5, 0.6) is 0 Å². The van der Waals surface area contributed by atoms with Crippen LogP contribution in [0.15, 0.2) is 60.7 Å². The number of nitrogens with one attached hydrogen (secondary N) is 2. The van der Waals surface area contributed by atoms with E-state index in [2.05, 4.69) is 59.2 Å². The zero-order chi connectivity index (χ0) is 18.2. The summed E-state index contributed by atoms with van der Waals surface area (Å²) in [5.41, 5.74) is 2.55. The number of likely N-dealkylation sites (N-methyl/N-ethyl adjacent to an activating group) is 2. The molecule has 0 spiro atoms. The van der Waals surface area contributed by atoms with Crippen molar-refractivity contribution in [1.29, 1.82) is 0 Å². The molecule has 0 amide bonds. The monoisotopic (exact) mass is 426 g/mol. The van der Waals surface area contributed by atoms with Gasteiger partial charge in [-0.1, -0.05) is 60.7 Å². The van der Waals surface area contributed by atoms with E-state index in [0.717, 1.165) is 26.1 Å². The van der Waals surface area contributed by atoms with Gasteiger partial charge in [-0.25, -0.2) is 0 Å². The second-order valence-electron chi connectivity index (χ2n) is 6.77. The van der Waals surface area contributed by atoms with Gasteiger partial charge < -0.3 is 20.1 Å². The Hall–Kier alpha value is -1.14. The molecule has 2 aliphatic rings. The predicted octanol–water partition coefficient (Wildman–Crippen LogP) is 4.32. The van der Waals surface area contributed by atoms with Crippen LogP contribution in [0, 0.1) is 0 Å². The number of rotatable bonds is 4. The lowest BCUT2D eigenvalue weighted by molar-refractivity contribution is 0.100. The molecule has 2 aromatic rings. The Kier molecular flexibility index (Phi) is 11.7. The second-order valence-corrected chi connectivity index (χ2v) is 6.77. The van der Waals surface area contributed by atoms with Crippen LogP contribution in [-0.4, -0.2) is 39.4 Å². The Labute approximate surface area is 181 Å². The van der Waals surface area contributed by atoms with E-state index in [1.807, 2.05) is 26.2 Å². The van der Waals surface area contributed by atoms with Crippen molar-refractivity contribution in [2.75, 3.05) is 27.3 Å². The van der Waals surface area contributed by atoms with Crippen LogP contribution in [0.4, 0.5) is 0 Å². The van der Waals surface area contributed by atoms with Gasteiger partial charge in [0.15, 0.2) is 0 Å². The highest BCUT2D eigenvalue weighted by Crippen LogP contribution is 2.29. The van der Waals surface area contributed by atoms with Crippen LogP contribution in [0.2, 0.25) is 0 Å². The van der Waals surface area contributed by atoms with Crippen LogP contribution in [0.1, 0.15) is 36.2 Å². The maximum atomic E-state index is 5.68. The van der Waals surface area contributed by atoms with Gasteiger partial charge in [0, 0.05) is 25.3 Å². The molecule has 2 fully saturated rings. The molecule has 0 aromatic heterocycles. The molecular weight excluding hydrogens is 395 g/mol. The topological polar surface area (TPSA) is 42.5 Å². The summed E-state index contributed by atoms with van der Waals surface area (Å²) < 4.78 is 11.4. The Morgan fingerprint density at radius 1 is 0.643 bits per heavy atom. The first-order valence-electron chi connectivity index (χ1n) is 9.51. The van der Waals surface area contributed by atoms with Gasteiger partial charge in [0.2, 0.25) is 0 Å². The van der Waals surface area contributed by atoms with Gasteiger partial charge in [0.1, 0.15) is 0 Å². The third-order valence-electron chi connectivity index (χ3n) is 5.18. The lowest BCUT2D eigenvalue weighted by Gasteiger charge is -2.17. The van der Waals surface area contributed by atoms with Crippen LogP contribution in [0.25, 0.3) is 0 Å². The molecule has 4 atom stereocenters. The van der Waals surface area contributed by atoms with Gasteiger partial charge >= 0.3 is 0 Å². The fraction of sp³-hybridized carbons (Fsp3) is 0.455. The summed E-state index contributed by atoms with van der Waals surface area (Å²) in [4.78, 5) is 0. The van der Waals surface area contributed by atoms with E-state index >= 15 is 0 Å². The molecule has 2 aromatic carbocycles. The summed E-state index contributed by atoms with van der Waals surface area (Å²) in [5.74, 6) is 0. The molecule has 28 heavy (non-hydrogen) atoms. The maximum absolute atomic E-state index is 5.68. The normalized spacial score (nSPS) is 25.8. The molecule has 4 nitrogen and oxygen atoms in total. The predicted molar refractivity (Wildman–Crippen MR) is 120 cm³/mol. The molecule has 0 aliphatic carbocycles. The minimum atomic E-state index is 0. The number of hydrogen-bond acceptors (Lipinski definition) is 4. The summed E-state index contributed by atoms with van der Waals surface area (Å²) in [7, 11) is 3.99. The maximum Gasteiger partial charge on any atom is 0.0978 e. The molecule has 2 aliphatic heterocycles. The largest absolute Gasteiger partial charge is 0.372 e. The second kappa shape index (κ2) is 13.2. The first-order valence-corrected chi connectivity index (χ1v) is 9.51. The minimum absolute atomic E-state index is 0. The fourth-order valence-corrected chi connectivity index (χ4v) is 3.71. The minimum Gasteiger partial charge on any atom is -0.372 e. The Morgan fingerprint density at radius 3 is 1.32 bits per heavy atom. The number of halogens is 2. The van der Waals surface area contributed by atoms with Crippen molar-refractivity contribution in [3.63, 3.8) is 0 Å². The van der Waals surface area contributed by atoms with Crippen molar-refractivity contribution < 1.29 is 9.47 Å². The Balaban J connectivity index is 0.000000261. The molecule has 2 saturated heterocycles. The van der Waals surface area contributed by atoms with E-state index in [1.54, 1.807) is 0 Å². The highest BCUT2D eigenvalue weighted by Gasteiger charge is 2.28. The zero-order valence-corrected chi connectivity index (χ0v) is 18.2. The summed E-state index contributed by atoms with van der Waals surface area (Å²) in [6, 6.07) is 21.8. The van der Waals surface area contributed by atoms with Gasteiger partial charge in [-0.05, 0) is 38.1 Å². The van der Waals surface area contributed by atoms with Gasteiger partial charge in [0.25, 0.3) is 0 Å². The highest BCUT2D eigenvalue weighted by atomic mass is 35.5. The SMILES string of the molecule is CN[C@@H]1CCO[C@H]1c1ccccc1.CN[C@H]1CCO[C@@H]1c1ccccc1.Cl.Cl. The lowest BCUT2D eigenvalue weighted by Crippen LogP contribution is -2.27. The Bertz CT molecular complexity index is 588. The van der Waals surface area contributed by atoms with E-state index in [0.29, 0.717) is 12.1 Å². The third-order valence-corrected chi connectivity index (χ3v) is 5.18.